The molecule has 0 unspecified atom stereocenters. The van der Waals surface area contributed by atoms with E-state index in [1.807, 2.05) is 17.9 Å². The van der Waals surface area contributed by atoms with Gasteiger partial charge in [-0.3, -0.25) is 14.2 Å². The third-order valence-corrected chi connectivity index (χ3v) is 4.42. The van der Waals surface area contributed by atoms with E-state index in [4.69, 9.17) is 16.3 Å². The van der Waals surface area contributed by atoms with E-state index in [1.54, 1.807) is 19.1 Å². The van der Waals surface area contributed by atoms with E-state index in [2.05, 4.69) is 10.3 Å². The Kier molecular flexibility index (Phi) is 5.58. The highest BCUT2D eigenvalue weighted by molar-refractivity contribution is 6.31. The number of amides is 1. The van der Waals surface area contributed by atoms with E-state index in [1.165, 1.54) is 10.6 Å². The number of nitrogens with one attached hydrogen (secondary N) is 1. The first-order valence-corrected chi connectivity index (χ1v) is 8.79. The summed E-state index contributed by atoms with van der Waals surface area (Å²) >= 11 is 5.99. The zero-order chi connectivity index (χ0) is 18.7. The highest BCUT2D eigenvalue weighted by atomic mass is 35.5. The molecule has 3 rings (SSSR count). The molecule has 0 saturated carbocycles. The van der Waals surface area contributed by atoms with Crippen molar-refractivity contribution in [3.63, 3.8) is 0 Å². The Morgan fingerprint density at radius 1 is 1.27 bits per heavy atom. The lowest BCUT2D eigenvalue weighted by Gasteiger charge is -2.29. The quantitative estimate of drug-likeness (QED) is 0.883. The average Bonchev–Trinajstić information content (AvgIpc) is 2.61. The molecule has 0 radical (unpaired) electrons. The van der Waals surface area contributed by atoms with Crippen LogP contribution in [0.4, 0.5) is 11.6 Å². The molecule has 138 valence electrons. The van der Waals surface area contributed by atoms with Crippen LogP contribution >= 0.6 is 11.6 Å². The van der Waals surface area contributed by atoms with Crippen LogP contribution in [0.5, 0.6) is 0 Å². The van der Waals surface area contributed by atoms with E-state index >= 15 is 0 Å². The molecule has 8 heteroatoms. The number of carbonyl (C=O) groups excluding carboxylic acids is 1. The second-order valence-electron chi connectivity index (χ2n) is 6.23. The Morgan fingerprint density at radius 3 is 2.73 bits per heavy atom. The van der Waals surface area contributed by atoms with Gasteiger partial charge >= 0.3 is 0 Å². The Labute approximate surface area is 156 Å². The maximum Gasteiger partial charge on any atom is 0.255 e. The van der Waals surface area contributed by atoms with Crippen LogP contribution < -0.4 is 15.8 Å². The molecule has 1 aliphatic rings. The van der Waals surface area contributed by atoms with Gasteiger partial charge in [0.15, 0.2) is 0 Å². The number of ether oxygens (including phenoxy) is 1. The molecule has 7 nitrogen and oxygen atoms in total. The zero-order valence-corrected chi connectivity index (χ0v) is 15.5. The minimum Gasteiger partial charge on any atom is -0.378 e. The number of benzene rings is 1. The molecule has 1 saturated heterocycles. The molecule has 0 bridgehead atoms. The number of hydrogen-bond donors (Lipinski definition) is 1. The Bertz CT molecular complexity index is 875. The topological polar surface area (TPSA) is 76.5 Å². The predicted molar refractivity (Wildman–Crippen MR) is 101 cm³/mol. The number of aryl methyl sites for hydroxylation is 2. The van der Waals surface area contributed by atoms with Crippen LogP contribution in [0.25, 0.3) is 0 Å². The molecule has 1 aromatic carbocycles. The van der Waals surface area contributed by atoms with Crippen LogP contribution in [0.2, 0.25) is 5.02 Å². The summed E-state index contributed by atoms with van der Waals surface area (Å²) in [5.74, 6) is 0.189. The Hall–Kier alpha value is -2.38. The maximum absolute atomic E-state index is 12.5. The van der Waals surface area contributed by atoms with Crippen LogP contribution in [-0.4, -0.2) is 41.8 Å². The first-order chi connectivity index (χ1) is 12.4. The molecule has 0 spiro atoms. The molecule has 1 aliphatic heterocycles. The van der Waals surface area contributed by atoms with Crippen molar-refractivity contribution in [3.05, 3.63) is 50.9 Å². The van der Waals surface area contributed by atoms with E-state index in [9.17, 15) is 9.59 Å². The lowest BCUT2D eigenvalue weighted by atomic mass is 10.2. The number of rotatable bonds is 4. The minimum atomic E-state index is -0.308. The smallest absolute Gasteiger partial charge is 0.255 e. The maximum atomic E-state index is 12.5. The summed E-state index contributed by atoms with van der Waals surface area (Å²) in [6, 6.07) is 6.71. The van der Waals surface area contributed by atoms with Gasteiger partial charge in [0.25, 0.3) is 5.56 Å². The molecule has 0 aliphatic carbocycles. The number of nitrogens with zero attached hydrogens (tertiary/aromatic N) is 3. The number of carbonyl (C=O) groups is 1. The summed E-state index contributed by atoms with van der Waals surface area (Å²) in [6.45, 7) is 5.92. The van der Waals surface area contributed by atoms with Crippen molar-refractivity contribution in [1.82, 2.24) is 9.55 Å². The molecule has 1 fully saturated rings. The minimum absolute atomic E-state index is 0.120. The standard InChI is InChI=1S/C18H21ClN4O3/c1-12-3-4-14(19)10-15(12)21-16(24)11-23-17(25)9-13(2)20-18(23)22-5-7-26-8-6-22/h3-4,9-10H,5-8,11H2,1-2H3,(H,21,24). The second-order valence-corrected chi connectivity index (χ2v) is 6.67. The van der Waals surface area contributed by atoms with Gasteiger partial charge < -0.3 is 15.0 Å². The summed E-state index contributed by atoms with van der Waals surface area (Å²) < 4.78 is 6.75. The van der Waals surface area contributed by atoms with Crippen molar-refractivity contribution in [1.29, 1.82) is 0 Å². The van der Waals surface area contributed by atoms with Gasteiger partial charge in [-0.25, -0.2) is 4.98 Å². The lowest BCUT2D eigenvalue weighted by Crippen LogP contribution is -2.41. The van der Waals surface area contributed by atoms with Gasteiger partial charge in [-0.2, -0.15) is 0 Å². The van der Waals surface area contributed by atoms with Crippen LogP contribution in [-0.2, 0) is 16.1 Å². The predicted octanol–water partition coefficient (Wildman–Crippen LogP) is 1.99. The number of anilines is 2. The highest BCUT2D eigenvalue weighted by Crippen LogP contribution is 2.20. The van der Waals surface area contributed by atoms with Gasteiger partial charge in [0, 0.05) is 35.6 Å². The third kappa shape index (κ3) is 4.23. The van der Waals surface area contributed by atoms with Gasteiger partial charge in [0.2, 0.25) is 11.9 Å². The van der Waals surface area contributed by atoms with Gasteiger partial charge in [-0.05, 0) is 31.5 Å². The summed E-state index contributed by atoms with van der Waals surface area (Å²) in [5, 5.41) is 3.35. The van der Waals surface area contributed by atoms with E-state index in [-0.39, 0.29) is 18.0 Å². The first-order valence-electron chi connectivity index (χ1n) is 8.41. The molecule has 1 aromatic heterocycles. The van der Waals surface area contributed by atoms with Crippen molar-refractivity contribution >= 4 is 29.1 Å². The monoisotopic (exact) mass is 376 g/mol. The molecule has 2 aromatic rings. The first kappa shape index (κ1) is 18.4. The summed E-state index contributed by atoms with van der Waals surface area (Å²) in [6.07, 6.45) is 0. The summed E-state index contributed by atoms with van der Waals surface area (Å²) in [5.41, 5.74) is 1.89. The summed E-state index contributed by atoms with van der Waals surface area (Å²) in [7, 11) is 0. The zero-order valence-electron chi connectivity index (χ0n) is 14.8. The lowest BCUT2D eigenvalue weighted by molar-refractivity contribution is -0.116. The number of aromatic nitrogens is 2. The van der Waals surface area contributed by atoms with Gasteiger partial charge in [-0.1, -0.05) is 17.7 Å². The summed E-state index contributed by atoms with van der Waals surface area (Å²) in [4.78, 5) is 31.5. The van der Waals surface area contributed by atoms with E-state index in [0.29, 0.717) is 48.7 Å². The van der Waals surface area contributed by atoms with Crippen molar-refractivity contribution in [3.8, 4) is 0 Å². The van der Waals surface area contributed by atoms with Gasteiger partial charge in [0.1, 0.15) is 6.54 Å². The third-order valence-electron chi connectivity index (χ3n) is 4.19. The normalized spacial score (nSPS) is 14.3. The second kappa shape index (κ2) is 7.88. The molecule has 1 amide bonds. The largest absolute Gasteiger partial charge is 0.378 e. The SMILES string of the molecule is Cc1cc(=O)n(CC(=O)Nc2cc(Cl)ccc2C)c(N2CCOCC2)n1. The van der Waals surface area contributed by atoms with Crippen molar-refractivity contribution in [2.75, 3.05) is 36.5 Å². The highest BCUT2D eigenvalue weighted by Gasteiger charge is 2.19. The fourth-order valence-electron chi connectivity index (χ4n) is 2.82. The molecule has 1 N–H and O–H groups in total. The fourth-order valence-corrected chi connectivity index (χ4v) is 2.99. The van der Waals surface area contributed by atoms with E-state index in [0.717, 1.165) is 5.56 Å². The molecule has 0 atom stereocenters. The molecule has 26 heavy (non-hydrogen) atoms. The van der Waals surface area contributed by atoms with E-state index < -0.39 is 0 Å². The molecule has 2 heterocycles. The number of hydrogen-bond acceptors (Lipinski definition) is 5. The van der Waals surface area contributed by atoms with Crippen molar-refractivity contribution in [2.45, 2.75) is 20.4 Å². The molecular weight excluding hydrogens is 356 g/mol. The average molecular weight is 377 g/mol. The van der Waals surface area contributed by atoms with Crippen molar-refractivity contribution < 1.29 is 9.53 Å². The van der Waals surface area contributed by atoms with Crippen LogP contribution in [0, 0.1) is 13.8 Å². The van der Waals surface area contributed by atoms with Gasteiger partial charge in [0.05, 0.1) is 13.2 Å². The van der Waals surface area contributed by atoms with Crippen LogP contribution in [0.1, 0.15) is 11.3 Å². The molecular formula is C18H21ClN4O3. The fraction of sp³-hybridized carbons (Fsp3) is 0.389. The number of morpholine rings is 1. The Balaban J connectivity index is 1.85. The Morgan fingerprint density at radius 2 is 2.00 bits per heavy atom. The van der Waals surface area contributed by atoms with Crippen molar-refractivity contribution in [2.24, 2.45) is 0 Å². The van der Waals surface area contributed by atoms with Crippen LogP contribution in [0.3, 0.4) is 0 Å². The number of halogens is 1. The van der Waals surface area contributed by atoms with Gasteiger partial charge in [-0.15, -0.1) is 0 Å². The van der Waals surface area contributed by atoms with Crippen LogP contribution in [0.15, 0.2) is 29.1 Å².